The lowest BCUT2D eigenvalue weighted by molar-refractivity contribution is 0.232. The van der Waals surface area contributed by atoms with E-state index < -0.39 is 0 Å². The highest BCUT2D eigenvalue weighted by molar-refractivity contribution is 5.36. The van der Waals surface area contributed by atoms with E-state index >= 15 is 0 Å². The van der Waals surface area contributed by atoms with Crippen LogP contribution in [0.1, 0.15) is 48.3 Å². The molecule has 1 aromatic carbocycles. The van der Waals surface area contributed by atoms with Gasteiger partial charge in [-0.15, -0.1) is 0 Å². The Morgan fingerprint density at radius 1 is 1.18 bits per heavy atom. The van der Waals surface area contributed by atoms with Crippen LogP contribution < -0.4 is 15.2 Å². The van der Waals surface area contributed by atoms with Crippen LogP contribution in [0.2, 0.25) is 0 Å². The van der Waals surface area contributed by atoms with Crippen LogP contribution in [0.3, 0.4) is 0 Å². The van der Waals surface area contributed by atoms with Gasteiger partial charge in [0.15, 0.2) is 0 Å². The van der Waals surface area contributed by atoms with Crippen LogP contribution in [0.15, 0.2) is 36.7 Å². The molecule has 0 saturated carbocycles. The van der Waals surface area contributed by atoms with Gasteiger partial charge in [-0.1, -0.05) is 24.6 Å². The summed E-state index contributed by atoms with van der Waals surface area (Å²) in [5, 5.41) is 9.00. The van der Waals surface area contributed by atoms with Crippen molar-refractivity contribution in [2.45, 2.75) is 44.4 Å². The molecule has 152 valence electrons. The highest BCUT2D eigenvalue weighted by atomic mass is 16.5. The molecule has 2 atom stereocenters. The topological polar surface area (TPSA) is 77.6 Å². The molecule has 3 rings (SSSR count). The molecule has 5 nitrogen and oxygen atoms in total. The van der Waals surface area contributed by atoms with E-state index in [1.165, 1.54) is 16.7 Å². The van der Waals surface area contributed by atoms with E-state index in [1.54, 1.807) is 19.5 Å². The van der Waals surface area contributed by atoms with Gasteiger partial charge in [-0.2, -0.15) is 0 Å². The predicted octanol–water partition coefficient (Wildman–Crippen LogP) is 3.48. The summed E-state index contributed by atoms with van der Waals surface area (Å²) in [6.45, 7) is 1.62. The zero-order valence-electron chi connectivity index (χ0n) is 16.8. The van der Waals surface area contributed by atoms with E-state index in [-0.39, 0.29) is 6.61 Å². The van der Waals surface area contributed by atoms with Crippen LogP contribution in [-0.2, 0) is 12.8 Å². The van der Waals surface area contributed by atoms with Crippen molar-refractivity contribution in [3.8, 4) is 11.5 Å². The molecule has 0 aliphatic heterocycles. The number of rotatable bonds is 10. The van der Waals surface area contributed by atoms with Gasteiger partial charge in [0.25, 0.3) is 0 Å². The van der Waals surface area contributed by atoms with E-state index in [4.69, 9.17) is 20.3 Å². The molecular weight excluding hydrogens is 352 g/mol. The SMILES string of the molecule is COc1cncc(OC[C@@H]2CCc3cc([C@H](CN)CCCCO)ccc3C2)c1. The highest BCUT2D eigenvalue weighted by Gasteiger charge is 2.21. The van der Waals surface area contributed by atoms with E-state index in [9.17, 15) is 0 Å². The summed E-state index contributed by atoms with van der Waals surface area (Å²) in [6.07, 6.45) is 9.59. The number of aliphatic hydroxyl groups is 1. The van der Waals surface area contributed by atoms with Gasteiger partial charge in [0.05, 0.1) is 26.1 Å². The van der Waals surface area contributed by atoms with E-state index in [1.807, 2.05) is 6.07 Å². The lowest BCUT2D eigenvalue weighted by atomic mass is 9.81. The van der Waals surface area contributed by atoms with Crippen molar-refractivity contribution in [3.05, 3.63) is 53.3 Å². The van der Waals surface area contributed by atoms with Gasteiger partial charge in [-0.3, -0.25) is 4.98 Å². The maximum Gasteiger partial charge on any atom is 0.141 e. The molecule has 0 amide bonds. The quantitative estimate of drug-likeness (QED) is 0.613. The fourth-order valence-corrected chi connectivity index (χ4v) is 3.97. The highest BCUT2D eigenvalue weighted by Crippen LogP contribution is 2.30. The number of fused-ring (bicyclic) bond motifs is 1. The van der Waals surface area contributed by atoms with Crippen LogP contribution in [0.25, 0.3) is 0 Å². The lowest BCUT2D eigenvalue weighted by Gasteiger charge is -2.26. The number of aryl methyl sites for hydroxylation is 1. The van der Waals surface area contributed by atoms with Gasteiger partial charge in [-0.05, 0) is 67.2 Å². The van der Waals surface area contributed by atoms with E-state index in [0.29, 0.717) is 30.7 Å². The fraction of sp³-hybridized carbons (Fsp3) is 0.522. The molecule has 1 heterocycles. The number of benzene rings is 1. The first-order valence-corrected chi connectivity index (χ1v) is 10.3. The molecule has 0 bridgehead atoms. The number of hydrogen-bond acceptors (Lipinski definition) is 5. The maximum absolute atomic E-state index is 9.00. The fourth-order valence-electron chi connectivity index (χ4n) is 3.97. The molecule has 1 aliphatic rings. The van der Waals surface area contributed by atoms with Crippen molar-refractivity contribution >= 4 is 0 Å². The number of aliphatic hydroxyl groups excluding tert-OH is 1. The van der Waals surface area contributed by atoms with Gasteiger partial charge in [0.2, 0.25) is 0 Å². The molecule has 3 N–H and O–H groups in total. The number of aromatic nitrogens is 1. The third-order valence-electron chi connectivity index (χ3n) is 5.69. The smallest absolute Gasteiger partial charge is 0.141 e. The number of unbranched alkanes of at least 4 members (excludes halogenated alkanes) is 1. The second kappa shape index (κ2) is 10.4. The average molecular weight is 385 g/mol. The zero-order valence-corrected chi connectivity index (χ0v) is 16.8. The largest absolute Gasteiger partial charge is 0.495 e. The Morgan fingerprint density at radius 2 is 2.04 bits per heavy atom. The van der Waals surface area contributed by atoms with Crippen LogP contribution in [-0.4, -0.2) is 37.0 Å². The lowest BCUT2D eigenvalue weighted by Crippen LogP contribution is -2.21. The normalized spacial score (nSPS) is 17.0. The second-order valence-corrected chi connectivity index (χ2v) is 7.66. The second-order valence-electron chi connectivity index (χ2n) is 7.66. The monoisotopic (exact) mass is 384 g/mol. The molecule has 0 fully saturated rings. The van der Waals surface area contributed by atoms with Crippen LogP contribution in [0, 0.1) is 5.92 Å². The van der Waals surface area contributed by atoms with Gasteiger partial charge in [0, 0.05) is 12.7 Å². The minimum atomic E-state index is 0.261. The molecule has 2 aromatic rings. The first-order valence-electron chi connectivity index (χ1n) is 10.3. The van der Waals surface area contributed by atoms with Crippen molar-refractivity contribution < 1.29 is 14.6 Å². The van der Waals surface area contributed by atoms with Crippen molar-refractivity contribution in [1.29, 1.82) is 0 Å². The van der Waals surface area contributed by atoms with Crippen LogP contribution >= 0.6 is 0 Å². The Bertz CT molecular complexity index is 750. The molecule has 0 radical (unpaired) electrons. The third-order valence-corrected chi connectivity index (χ3v) is 5.69. The minimum absolute atomic E-state index is 0.261. The number of hydrogen-bond donors (Lipinski definition) is 2. The van der Waals surface area contributed by atoms with Crippen molar-refractivity contribution in [3.63, 3.8) is 0 Å². The summed E-state index contributed by atoms with van der Waals surface area (Å²) in [5.74, 6) is 2.37. The molecule has 0 saturated heterocycles. The summed E-state index contributed by atoms with van der Waals surface area (Å²) in [6, 6.07) is 8.75. The molecule has 1 aromatic heterocycles. The summed E-state index contributed by atoms with van der Waals surface area (Å²) in [5.41, 5.74) is 10.2. The number of ether oxygens (including phenoxy) is 2. The summed E-state index contributed by atoms with van der Waals surface area (Å²) in [7, 11) is 1.63. The molecule has 28 heavy (non-hydrogen) atoms. The summed E-state index contributed by atoms with van der Waals surface area (Å²) in [4.78, 5) is 4.14. The first-order chi connectivity index (χ1) is 13.7. The predicted molar refractivity (Wildman–Crippen MR) is 111 cm³/mol. The average Bonchev–Trinajstić information content (AvgIpc) is 2.75. The van der Waals surface area contributed by atoms with E-state index in [2.05, 4.69) is 23.2 Å². The van der Waals surface area contributed by atoms with Crippen molar-refractivity contribution in [1.82, 2.24) is 4.98 Å². The Hall–Kier alpha value is -2.11. The molecule has 0 unspecified atom stereocenters. The van der Waals surface area contributed by atoms with Gasteiger partial charge < -0.3 is 20.3 Å². The van der Waals surface area contributed by atoms with Crippen LogP contribution in [0.4, 0.5) is 0 Å². The van der Waals surface area contributed by atoms with Gasteiger partial charge in [-0.25, -0.2) is 0 Å². The molecule has 0 spiro atoms. The maximum atomic E-state index is 9.00. The molecule has 5 heteroatoms. The van der Waals surface area contributed by atoms with Crippen LogP contribution in [0.5, 0.6) is 11.5 Å². The van der Waals surface area contributed by atoms with Crippen molar-refractivity contribution in [2.24, 2.45) is 11.7 Å². The Balaban J connectivity index is 1.57. The summed E-state index contributed by atoms with van der Waals surface area (Å²) < 4.78 is 11.2. The molecule has 1 aliphatic carbocycles. The number of methoxy groups -OCH3 is 1. The zero-order chi connectivity index (χ0) is 19.8. The third kappa shape index (κ3) is 5.46. The summed E-state index contributed by atoms with van der Waals surface area (Å²) >= 11 is 0. The van der Waals surface area contributed by atoms with Gasteiger partial charge in [0.1, 0.15) is 11.5 Å². The van der Waals surface area contributed by atoms with Gasteiger partial charge >= 0.3 is 0 Å². The standard InChI is InChI=1S/C23H32N2O3/c1-27-22-12-23(15-25-14-22)28-16-17-5-6-19-11-20(8-7-18(19)10-17)21(13-24)4-2-3-9-26/h7-8,11-12,14-15,17,21,26H,2-6,9-10,13,16,24H2,1H3/t17-,21+/m1/s1. The minimum Gasteiger partial charge on any atom is -0.495 e. The Morgan fingerprint density at radius 3 is 2.82 bits per heavy atom. The number of nitrogens with zero attached hydrogens (tertiary/aromatic N) is 1. The number of pyridine rings is 1. The van der Waals surface area contributed by atoms with E-state index in [0.717, 1.165) is 44.3 Å². The van der Waals surface area contributed by atoms with Crippen molar-refractivity contribution in [2.75, 3.05) is 26.9 Å². The number of nitrogens with two attached hydrogens (primary N) is 1. The first kappa shape index (κ1) is 20.6. The Labute approximate surface area is 167 Å². The Kier molecular flexibility index (Phi) is 7.69. The molecular formula is C23H32N2O3.